The lowest BCUT2D eigenvalue weighted by Gasteiger charge is -2.57. The average Bonchev–Trinajstić information content (AvgIpc) is 3.31. The molecule has 0 bridgehead atoms. The van der Waals surface area contributed by atoms with E-state index in [1.807, 2.05) is 0 Å². The van der Waals surface area contributed by atoms with Gasteiger partial charge in [0, 0.05) is 33.6 Å². The number of aryl methyl sites for hydroxylation is 2. The molecular formula is C40H47BN2. The van der Waals surface area contributed by atoms with Gasteiger partial charge in [-0.1, -0.05) is 88.3 Å². The Morgan fingerprint density at radius 2 is 1.30 bits per heavy atom. The van der Waals surface area contributed by atoms with E-state index in [2.05, 4.69) is 93.8 Å². The van der Waals surface area contributed by atoms with E-state index in [1.54, 1.807) is 38.9 Å². The van der Waals surface area contributed by atoms with Crippen molar-refractivity contribution in [3.8, 4) is 0 Å². The number of hydrogen-bond donors (Lipinski definition) is 0. The number of para-hydroxylation sites is 1. The van der Waals surface area contributed by atoms with Gasteiger partial charge in [-0.05, 0) is 110 Å². The molecule has 6 atom stereocenters. The molecule has 6 unspecified atom stereocenters. The maximum absolute atomic E-state index is 2.95. The van der Waals surface area contributed by atoms with Crippen LogP contribution in [0, 0.1) is 25.7 Å². The highest BCUT2D eigenvalue weighted by molar-refractivity contribution is 7.00. The van der Waals surface area contributed by atoms with Gasteiger partial charge in [0.1, 0.15) is 0 Å². The average molecular weight is 567 g/mol. The predicted molar refractivity (Wildman–Crippen MR) is 182 cm³/mol. The number of fused-ring (bicyclic) bond motifs is 11. The second kappa shape index (κ2) is 7.75. The van der Waals surface area contributed by atoms with Gasteiger partial charge in [-0.15, -0.1) is 0 Å². The second-order valence-electron chi connectivity index (χ2n) is 16.9. The molecule has 3 aromatic rings. The van der Waals surface area contributed by atoms with Crippen molar-refractivity contribution < 1.29 is 0 Å². The maximum Gasteiger partial charge on any atom is 0.252 e. The summed E-state index contributed by atoms with van der Waals surface area (Å²) in [5.74, 6) is 1.76. The number of anilines is 4. The first kappa shape index (κ1) is 25.6. The van der Waals surface area contributed by atoms with Crippen LogP contribution in [0.1, 0.15) is 114 Å². The molecule has 220 valence electrons. The molecule has 0 aromatic heterocycles. The van der Waals surface area contributed by atoms with Crippen LogP contribution >= 0.6 is 0 Å². The zero-order valence-electron chi connectivity index (χ0n) is 27.2. The van der Waals surface area contributed by atoms with Crippen LogP contribution in [0.25, 0.3) is 0 Å². The van der Waals surface area contributed by atoms with Crippen LogP contribution in [0.2, 0.25) is 0 Å². The summed E-state index contributed by atoms with van der Waals surface area (Å²) in [6.45, 7) is 15.6. The molecule has 0 saturated heterocycles. The Labute approximate surface area is 259 Å². The van der Waals surface area contributed by atoms with Gasteiger partial charge in [-0.2, -0.15) is 0 Å². The maximum atomic E-state index is 2.95. The fourth-order valence-electron chi connectivity index (χ4n) is 12.7. The molecule has 10 rings (SSSR count). The Hall–Kier alpha value is -2.68. The fraction of sp³-hybridized carbons (Fsp3) is 0.550. The molecule has 3 aromatic carbocycles. The van der Waals surface area contributed by atoms with Crippen molar-refractivity contribution in [2.24, 2.45) is 11.8 Å². The zero-order chi connectivity index (χ0) is 29.3. The van der Waals surface area contributed by atoms with Gasteiger partial charge in [0.15, 0.2) is 0 Å². The molecule has 3 saturated carbocycles. The van der Waals surface area contributed by atoms with E-state index in [0.29, 0.717) is 6.71 Å². The Bertz CT molecular complexity index is 1770. The van der Waals surface area contributed by atoms with Crippen LogP contribution < -0.4 is 26.2 Å². The van der Waals surface area contributed by atoms with Crippen LogP contribution in [0.5, 0.6) is 0 Å². The summed E-state index contributed by atoms with van der Waals surface area (Å²) in [4.78, 5) is 5.86. The van der Waals surface area contributed by atoms with Crippen molar-refractivity contribution in [3.63, 3.8) is 0 Å². The predicted octanol–water partition coefficient (Wildman–Crippen LogP) is 7.96. The highest BCUT2D eigenvalue weighted by Crippen LogP contribution is 2.66. The molecule has 3 fully saturated rings. The highest BCUT2D eigenvalue weighted by Gasteiger charge is 2.66. The molecule has 4 heterocycles. The van der Waals surface area contributed by atoms with Crippen LogP contribution in [0.3, 0.4) is 0 Å². The first-order chi connectivity index (χ1) is 20.6. The molecule has 2 nitrogen and oxygen atoms in total. The van der Waals surface area contributed by atoms with Crippen LogP contribution in [0.15, 0.2) is 42.5 Å². The molecule has 3 aliphatic carbocycles. The van der Waals surface area contributed by atoms with E-state index in [-0.39, 0.29) is 21.9 Å². The minimum absolute atomic E-state index is 0.1000. The molecule has 7 aliphatic rings. The van der Waals surface area contributed by atoms with Crippen molar-refractivity contribution >= 4 is 45.9 Å². The van der Waals surface area contributed by atoms with Crippen molar-refractivity contribution in [2.75, 3.05) is 9.80 Å². The Balaban J connectivity index is 1.31. The number of nitrogens with zero attached hydrogens (tertiary/aromatic N) is 2. The molecular weight excluding hydrogens is 519 g/mol. The van der Waals surface area contributed by atoms with Gasteiger partial charge >= 0.3 is 0 Å². The lowest BCUT2D eigenvalue weighted by Crippen LogP contribution is -2.67. The SMILES string of the molecule is Cc1cc2c3c(c1)N1c4c(cccc4C4(C)CC5CCCCC5CC14C)B3c1cc(C)cc3c1N2C1(C)CCCCC31C. The quantitative estimate of drug-likeness (QED) is 0.255. The van der Waals surface area contributed by atoms with Gasteiger partial charge in [-0.25, -0.2) is 0 Å². The lowest BCUT2D eigenvalue weighted by atomic mass is 9.33. The van der Waals surface area contributed by atoms with E-state index in [9.17, 15) is 0 Å². The summed E-state index contributed by atoms with van der Waals surface area (Å²) < 4.78 is 0. The summed E-state index contributed by atoms with van der Waals surface area (Å²) in [5.41, 5.74) is 17.6. The Kier molecular flexibility index (Phi) is 4.62. The van der Waals surface area contributed by atoms with Gasteiger partial charge in [0.05, 0.1) is 11.1 Å². The smallest absolute Gasteiger partial charge is 0.252 e. The van der Waals surface area contributed by atoms with Gasteiger partial charge in [0.2, 0.25) is 0 Å². The Morgan fingerprint density at radius 1 is 0.651 bits per heavy atom. The van der Waals surface area contributed by atoms with Crippen molar-refractivity contribution in [1.82, 2.24) is 0 Å². The molecule has 4 aliphatic heterocycles. The minimum atomic E-state index is 0.1000. The van der Waals surface area contributed by atoms with Crippen LogP contribution in [-0.4, -0.2) is 17.8 Å². The van der Waals surface area contributed by atoms with Gasteiger partial charge in [0.25, 0.3) is 6.71 Å². The van der Waals surface area contributed by atoms with Gasteiger partial charge < -0.3 is 9.80 Å². The molecule has 3 heteroatoms. The number of hydrogen-bond acceptors (Lipinski definition) is 2. The van der Waals surface area contributed by atoms with E-state index in [1.165, 1.54) is 86.7 Å². The monoisotopic (exact) mass is 566 g/mol. The topological polar surface area (TPSA) is 6.48 Å². The fourth-order valence-corrected chi connectivity index (χ4v) is 12.7. The minimum Gasteiger partial charge on any atom is -0.335 e. The zero-order valence-corrected chi connectivity index (χ0v) is 27.2. The van der Waals surface area contributed by atoms with Crippen molar-refractivity contribution in [2.45, 2.75) is 128 Å². The largest absolute Gasteiger partial charge is 0.335 e. The summed E-state index contributed by atoms with van der Waals surface area (Å²) >= 11 is 0. The molecule has 0 radical (unpaired) electrons. The molecule has 0 spiro atoms. The third-order valence-corrected chi connectivity index (χ3v) is 15.0. The summed E-state index contributed by atoms with van der Waals surface area (Å²) in [6.07, 6.45) is 13.7. The Morgan fingerprint density at radius 3 is 2.07 bits per heavy atom. The number of benzene rings is 3. The summed E-state index contributed by atoms with van der Waals surface area (Å²) in [5, 5.41) is 0. The third kappa shape index (κ3) is 2.67. The summed E-state index contributed by atoms with van der Waals surface area (Å²) in [6, 6.07) is 17.8. The van der Waals surface area contributed by atoms with Crippen molar-refractivity contribution in [1.29, 1.82) is 0 Å². The third-order valence-electron chi connectivity index (χ3n) is 15.0. The summed E-state index contributed by atoms with van der Waals surface area (Å²) in [7, 11) is 0. The molecule has 0 amide bonds. The molecule has 43 heavy (non-hydrogen) atoms. The molecule has 0 N–H and O–H groups in total. The second-order valence-corrected chi connectivity index (χ2v) is 16.9. The highest BCUT2D eigenvalue weighted by atomic mass is 15.3. The van der Waals surface area contributed by atoms with E-state index >= 15 is 0 Å². The van der Waals surface area contributed by atoms with Gasteiger partial charge in [-0.3, -0.25) is 0 Å². The van der Waals surface area contributed by atoms with Crippen LogP contribution in [0.4, 0.5) is 22.7 Å². The first-order valence-electron chi connectivity index (χ1n) is 17.6. The van der Waals surface area contributed by atoms with E-state index in [4.69, 9.17) is 0 Å². The van der Waals surface area contributed by atoms with Crippen LogP contribution in [-0.2, 0) is 10.8 Å². The lowest BCUT2D eigenvalue weighted by molar-refractivity contribution is 0.0581. The normalized spacial score (nSPS) is 37.3. The standard InChI is InChI=1S/C40H47BN2/c1-24-18-29-36-31(19-24)41-30-15-11-14-28-35(30)43(40(6)23-27-13-8-7-12-26(27)22-38(28,40)4)33-21-25(2)20-32(34(33)41)42(36)39(5)17-10-9-16-37(29,39)3/h11,14-15,18-21,26-27H,7-10,12-13,16-17,22-23H2,1-6H3. The van der Waals surface area contributed by atoms with E-state index < -0.39 is 0 Å². The first-order valence-corrected chi connectivity index (χ1v) is 17.6. The number of rotatable bonds is 0. The van der Waals surface area contributed by atoms with E-state index in [0.717, 1.165) is 11.8 Å². The van der Waals surface area contributed by atoms with Crippen molar-refractivity contribution in [3.05, 3.63) is 64.7 Å².